The van der Waals surface area contributed by atoms with Gasteiger partial charge in [-0.1, -0.05) is 23.7 Å². The smallest absolute Gasteiger partial charge is 0.271 e. The van der Waals surface area contributed by atoms with Crippen LogP contribution in [0.1, 0.15) is 21.5 Å². The molecule has 0 bridgehead atoms. The van der Waals surface area contributed by atoms with E-state index < -0.39 is 4.92 Å². The van der Waals surface area contributed by atoms with Crippen molar-refractivity contribution >= 4 is 29.1 Å². The van der Waals surface area contributed by atoms with Crippen LogP contribution in [-0.4, -0.2) is 27.6 Å². The number of ether oxygens (including phenoxy) is 2. The Morgan fingerprint density at radius 1 is 1.27 bits per heavy atom. The van der Waals surface area contributed by atoms with Crippen molar-refractivity contribution in [3.63, 3.8) is 0 Å². The molecule has 0 saturated heterocycles. The molecule has 0 aliphatic carbocycles. The van der Waals surface area contributed by atoms with Crippen LogP contribution in [0.15, 0.2) is 54.9 Å². The number of non-ortho nitro benzene ring substituents is 1. The van der Waals surface area contributed by atoms with Crippen LogP contribution in [0.5, 0.6) is 11.5 Å². The minimum Gasteiger partial charge on any atom is -0.496 e. The minimum absolute atomic E-state index is 0.115. The number of rotatable bonds is 8. The summed E-state index contributed by atoms with van der Waals surface area (Å²) in [4.78, 5) is 22.5. The van der Waals surface area contributed by atoms with E-state index in [0.717, 1.165) is 11.1 Å². The van der Waals surface area contributed by atoms with E-state index in [1.807, 2.05) is 12.1 Å². The zero-order valence-electron chi connectivity index (χ0n) is 16.2. The number of hydrogen-bond donors (Lipinski definition) is 0. The Hall–Kier alpha value is -3.65. The number of carbonyl (C=O) groups excluding carboxylic acids is 1. The lowest BCUT2D eigenvalue weighted by Gasteiger charge is -2.12. The van der Waals surface area contributed by atoms with E-state index in [4.69, 9.17) is 21.1 Å². The summed E-state index contributed by atoms with van der Waals surface area (Å²) in [6, 6.07) is 9.41. The van der Waals surface area contributed by atoms with Crippen molar-refractivity contribution in [2.75, 3.05) is 7.11 Å². The molecular formula is C21H18ClN3O5. The van der Waals surface area contributed by atoms with E-state index in [1.165, 1.54) is 30.5 Å². The maximum atomic E-state index is 12.2. The second kappa shape index (κ2) is 9.23. The number of nitrogens with zero attached hydrogens (tertiary/aromatic N) is 3. The number of allylic oxidation sites excluding steroid dienone is 1. The standard InChI is InChI=1S/C21H18ClN3O5/c1-24-12-16(11-23-24)19(26)6-3-14-4-7-20(29-2)15(9-14)13-30-21-8-5-17(25(27)28)10-18(21)22/h3-12H,13H2,1-2H3/b6-3+. The third-order valence-electron chi connectivity index (χ3n) is 4.23. The fraction of sp³-hybridized carbons (Fsp3) is 0.143. The Labute approximate surface area is 177 Å². The van der Waals surface area contributed by atoms with Crippen molar-refractivity contribution in [1.82, 2.24) is 9.78 Å². The molecule has 30 heavy (non-hydrogen) atoms. The molecule has 154 valence electrons. The normalized spacial score (nSPS) is 10.9. The van der Waals surface area contributed by atoms with Gasteiger partial charge in [-0.3, -0.25) is 19.6 Å². The van der Waals surface area contributed by atoms with Crippen LogP contribution in [0.3, 0.4) is 0 Å². The Bertz CT molecular complexity index is 1120. The number of nitro groups is 1. The molecular weight excluding hydrogens is 410 g/mol. The van der Waals surface area contributed by atoms with Gasteiger partial charge in [0, 0.05) is 30.9 Å². The predicted molar refractivity (Wildman–Crippen MR) is 112 cm³/mol. The van der Waals surface area contributed by atoms with Gasteiger partial charge in [0.25, 0.3) is 5.69 Å². The quantitative estimate of drug-likeness (QED) is 0.228. The summed E-state index contributed by atoms with van der Waals surface area (Å²) in [6.07, 6.45) is 6.32. The van der Waals surface area contributed by atoms with Crippen molar-refractivity contribution in [3.05, 3.63) is 86.7 Å². The highest BCUT2D eigenvalue weighted by Gasteiger charge is 2.12. The number of nitro benzene ring substituents is 1. The largest absolute Gasteiger partial charge is 0.496 e. The monoisotopic (exact) mass is 427 g/mol. The molecule has 3 rings (SSSR count). The molecule has 0 aliphatic heterocycles. The first-order valence-electron chi connectivity index (χ1n) is 8.82. The van der Waals surface area contributed by atoms with Crippen molar-refractivity contribution in [2.24, 2.45) is 7.05 Å². The fourth-order valence-electron chi connectivity index (χ4n) is 2.71. The summed E-state index contributed by atoms with van der Waals surface area (Å²) in [5, 5.41) is 14.9. The fourth-order valence-corrected chi connectivity index (χ4v) is 2.94. The molecule has 0 fully saturated rings. The summed E-state index contributed by atoms with van der Waals surface area (Å²) in [6.45, 7) is 0.124. The van der Waals surface area contributed by atoms with Gasteiger partial charge in [0.05, 0.1) is 28.8 Å². The second-order valence-corrected chi connectivity index (χ2v) is 6.74. The molecule has 8 nitrogen and oxygen atoms in total. The van der Waals surface area contributed by atoms with Crippen LogP contribution in [0.2, 0.25) is 5.02 Å². The highest BCUT2D eigenvalue weighted by molar-refractivity contribution is 6.32. The lowest BCUT2D eigenvalue weighted by Crippen LogP contribution is -2.00. The Morgan fingerprint density at radius 3 is 2.67 bits per heavy atom. The van der Waals surface area contributed by atoms with E-state index in [-0.39, 0.29) is 23.1 Å². The van der Waals surface area contributed by atoms with Crippen molar-refractivity contribution in [2.45, 2.75) is 6.61 Å². The molecule has 0 saturated carbocycles. The average Bonchev–Trinajstić information content (AvgIpc) is 3.17. The molecule has 2 aromatic carbocycles. The molecule has 0 radical (unpaired) electrons. The number of hydrogen-bond acceptors (Lipinski definition) is 6. The van der Waals surface area contributed by atoms with Crippen LogP contribution in [-0.2, 0) is 13.7 Å². The van der Waals surface area contributed by atoms with Gasteiger partial charge in [-0.05, 0) is 29.8 Å². The second-order valence-electron chi connectivity index (χ2n) is 6.33. The lowest BCUT2D eigenvalue weighted by atomic mass is 10.1. The molecule has 0 atom stereocenters. The van der Waals surface area contributed by atoms with Crippen LogP contribution in [0.4, 0.5) is 5.69 Å². The molecule has 9 heteroatoms. The number of benzene rings is 2. The lowest BCUT2D eigenvalue weighted by molar-refractivity contribution is -0.384. The Morgan fingerprint density at radius 2 is 2.03 bits per heavy atom. The van der Waals surface area contributed by atoms with Crippen molar-refractivity contribution in [1.29, 1.82) is 0 Å². The average molecular weight is 428 g/mol. The zero-order valence-corrected chi connectivity index (χ0v) is 17.0. The molecule has 3 aromatic rings. The van der Waals surface area contributed by atoms with Crippen molar-refractivity contribution < 1.29 is 19.2 Å². The van der Waals surface area contributed by atoms with Crippen LogP contribution in [0, 0.1) is 10.1 Å². The molecule has 0 N–H and O–H groups in total. The van der Waals surface area contributed by atoms with Gasteiger partial charge in [-0.25, -0.2) is 0 Å². The first-order valence-corrected chi connectivity index (χ1v) is 9.20. The van der Waals surface area contributed by atoms with E-state index in [2.05, 4.69) is 5.10 Å². The third-order valence-corrected chi connectivity index (χ3v) is 4.53. The number of halogens is 1. The van der Waals surface area contributed by atoms with Crippen LogP contribution in [0.25, 0.3) is 6.08 Å². The highest BCUT2D eigenvalue weighted by Crippen LogP contribution is 2.30. The van der Waals surface area contributed by atoms with Crippen LogP contribution >= 0.6 is 11.6 Å². The molecule has 1 heterocycles. The zero-order chi connectivity index (χ0) is 21.7. The SMILES string of the molecule is COc1ccc(/C=C/C(=O)c2cnn(C)c2)cc1COc1ccc([N+](=O)[O-])cc1Cl. The number of methoxy groups -OCH3 is 1. The number of aryl methyl sites for hydroxylation is 1. The van der Waals surface area contributed by atoms with Gasteiger partial charge in [-0.2, -0.15) is 5.10 Å². The van der Waals surface area contributed by atoms with Crippen molar-refractivity contribution in [3.8, 4) is 11.5 Å². The van der Waals surface area contributed by atoms with Gasteiger partial charge < -0.3 is 9.47 Å². The van der Waals surface area contributed by atoms with Gasteiger partial charge >= 0.3 is 0 Å². The van der Waals surface area contributed by atoms with Gasteiger partial charge in [0.15, 0.2) is 5.78 Å². The summed E-state index contributed by atoms with van der Waals surface area (Å²) in [7, 11) is 3.28. The number of carbonyl (C=O) groups is 1. The minimum atomic E-state index is -0.526. The van der Waals surface area contributed by atoms with E-state index in [9.17, 15) is 14.9 Å². The first-order chi connectivity index (χ1) is 14.4. The number of ketones is 1. The van der Waals surface area contributed by atoms with Gasteiger partial charge in [0.2, 0.25) is 0 Å². The summed E-state index contributed by atoms with van der Waals surface area (Å²) in [5.41, 5.74) is 1.89. The molecule has 0 spiro atoms. The Balaban J connectivity index is 1.75. The first kappa shape index (κ1) is 21.1. The Kier molecular flexibility index (Phi) is 6.48. The number of aromatic nitrogens is 2. The van der Waals surface area contributed by atoms with Crippen LogP contribution < -0.4 is 9.47 Å². The molecule has 0 unspecified atom stereocenters. The maximum Gasteiger partial charge on any atom is 0.271 e. The highest BCUT2D eigenvalue weighted by atomic mass is 35.5. The van der Waals surface area contributed by atoms with E-state index >= 15 is 0 Å². The van der Waals surface area contributed by atoms with E-state index in [0.29, 0.717) is 17.1 Å². The predicted octanol–water partition coefficient (Wildman–Crippen LogP) is 4.47. The summed E-state index contributed by atoms with van der Waals surface area (Å²) >= 11 is 6.07. The summed E-state index contributed by atoms with van der Waals surface area (Å²) < 4.78 is 12.6. The van der Waals surface area contributed by atoms with Gasteiger partial charge in [-0.15, -0.1) is 0 Å². The topological polar surface area (TPSA) is 96.5 Å². The molecule has 0 amide bonds. The third kappa shape index (κ3) is 5.03. The van der Waals surface area contributed by atoms with Gasteiger partial charge in [0.1, 0.15) is 18.1 Å². The molecule has 0 aliphatic rings. The molecule has 1 aromatic heterocycles. The van der Waals surface area contributed by atoms with E-state index in [1.54, 1.807) is 37.2 Å². The summed E-state index contributed by atoms with van der Waals surface area (Å²) in [5.74, 6) is 0.759. The maximum absolute atomic E-state index is 12.2.